The molecule has 0 saturated heterocycles. The first-order valence-corrected chi connectivity index (χ1v) is 5.68. The van der Waals surface area contributed by atoms with Gasteiger partial charge in [-0.15, -0.1) is 0 Å². The Labute approximate surface area is 112 Å². The van der Waals surface area contributed by atoms with E-state index in [0.29, 0.717) is 5.69 Å². The predicted octanol–water partition coefficient (Wildman–Crippen LogP) is 2.24. The first kappa shape index (κ1) is 14.0. The van der Waals surface area contributed by atoms with Gasteiger partial charge in [-0.25, -0.2) is 0 Å². The minimum atomic E-state index is -4.52. The molecule has 0 bridgehead atoms. The fourth-order valence-electron chi connectivity index (χ4n) is 1.58. The van der Waals surface area contributed by atoms with Crippen molar-refractivity contribution in [1.29, 1.82) is 0 Å². The van der Waals surface area contributed by atoms with Crippen LogP contribution in [0.3, 0.4) is 0 Å². The molecule has 2 aromatic rings. The number of carbonyl (C=O) groups excluding carboxylic acids is 1. The average Bonchev–Trinajstić information content (AvgIpc) is 2.72. The highest BCUT2D eigenvalue weighted by molar-refractivity contribution is 5.90. The van der Waals surface area contributed by atoms with Crippen molar-refractivity contribution in [3.63, 3.8) is 0 Å². The van der Waals surface area contributed by atoms with Crippen molar-refractivity contribution in [3.05, 3.63) is 42.0 Å². The van der Waals surface area contributed by atoms with E-state index in [4.69, 9.17) is 0 Å². The molecule has 0 fully saturated rings. The third-order valence-electron chi connectivity index (χ3n) is 2.53. The zero-order valence-corrected chi connectivity index (χ0v) is 10.5. The molecule has 0 radical (unpaired) electrons. The number of anilines is 1. The molecular weight excluding hydrogens is 273 g/mol. The number of aryl methyl sites for hydroxylation is 1. The second-order valence-electron chi connectivity index (χ2n) is 4.11. The quantitative estimate of drug-likeness (QED) is 0.940. The summed E-state index contributed by atoms with van der Waals surface area (Å²) in [6, 6.07) is 4.06. The van der Waals surface area contributed by atoms with Crippen LogP contribution < -0.4 is 5.32 Å². The second-order valence-corrected chi connectivity index (χ2v) is 4.11. The van der Waals surface area contributed by atoms with Gasteiger partial charge in [-0.05, 0) is 25.1 Å². The van der Waals surface area contributed by atoms with Gasteiger partial charge in [0.25, 0.3) is 0 Å². The van der Waals surface area contributed by atoms with E-state index < -0.39 is 17.8 Å². The summed E-state index contributed by atoms with van der Waals surface area (Å²) in [5, 5.41) is 5.93. The van der Waals surface area contributed by atoms with Gasteiger partial charge >= 0.3 is 6.18 Å². The summed E-state index contributed by atoms with van der Waals surface area (Å²) >= 11 is 0. The topological polar surface area (TPSA) is 59.8 Å². The van der Waals surface area contributed by atoms with Gasteiger partial charge in [-0.1, -0.05) is 0 Å². The molecular formula is C12H11F3N4O. The molecule has 20 heavy (non-hydrogen) atoms. The molecule has 2 heterocycles. The van der Waals surface area contributed by atoms with Crippen LogP contribution in [-0.4, -0.2) is 20.7 Å². The lowest BCUT2D eigenvalue weighted by Crippen LogP contribution is -2.20. The standard InChI is InChI=1S/C12H11F3N4O/c1-8-6-10(12(13,14)15)18-19(8)7-11(20)17-9-2-4-16-5-3-9/h2-6H,7H2,1H3,(H,16,17,20). The number of nitrogens with one attached hydrogen (secondary N) is 1. The van der Waals surface area contributed by atoms with Crippen LogP contribution in [0.4, 0.5) is 18.9 Å². The number of rotatable bonds is 3. The van der Waals surface area contributed by atoms with E-state index in [0.717, 1.165) is 10.7 Å². The summed E-state index contributed by atoms with van der Waals surface area (Å²) in [6.07, 6.45) is -1.52. The van der Waals surface area contributed by atoms with Gasteiger partial charge in [-0.3, -0.25) is 14.5 Å². The molecule has 0 aliphatic heterocycles. The normalized spacial score (nSPS) is 11.4. The molecule has 5 nitrogen and oxygen atoms in total. The largest absolute Gasteiger partial charge is 0.435 e. The van der Waals surface area contributed by atoms with Crippen LogP contribution in [-0.2, 0) is 17.5 Å². The monoisotopic (exact) mass is 284 g/mol. The molecule has 8 heteroatoms. The van der Waals surface area contributed by atoms with Gasteiger partial charge in [0.1, 0.15) is 6.54 Å². The highest BCUT2D eigenvalue weighted by Gasteiger charge is 2.34. The summed E-state index contributed by atoms with van der Waals surface area (Å²) in [7, 11) is 0. The number of carbonyl (C=O) groups is 1. The van der Waals surface area contributed by atoms with Crippen molar-refractivity contribution in [2.45, 2.75) is 19.6 Å². The van der Waals surface area contributed by atoms with Crippen LogP contribution in [0.1, 0.15) is 11.4 Å². The molecule has 1 N–H and O–H groups in total. The van der Waals surface area contributed by atoms with Gasteiger partial charge in [-0.2, -0.15) is 18.3 Å². The smallest absolute Gasteiger partial charge is 0.324 e. The van der Waals surface area contributed by atoms with Crippen LogP contribution >= 0.6 is 0 Å². The van der Waals surface area contributed by atoms with Crippen molar-refractivity contribution in [2.75, 3.05) is 5.32 Å². The van der Waals surface area contributed by atoms with Gasteiger partial charge in [0.05, 0.1) is 0 Å². The number of nitrogens with zero attached hydrogens (tertiary/aromatic N) is 3. The Balaban J connectivity index is 2.07. The number of hydrogen-bond acceptors (Lipinski definition) is 3. The average molecular weight is 284 g/mol. The molecule has 0 spiro atoms. The van der Waals surface area contributed by atoms with Crippen LogP contribution in [0.5, 0.6) is 0 Å². The van der Waals surface area contributed by atoms with Crippen LogP contribution in [0.25, 0.3) is 0 Å². The number of alkyl halides is 3. The summed E-state index contributed by atoms with van der Waals surface area (Å²) in [6.45, 7) is 1.17. The highest BCUT2D eigenvalue weighted by Crippen LogP contribution is 2.28. The third-order valence-corrected chi connectivity index (χ3v) is 2.53. The Bertz CT molecular complexity index is 607. The molecule has 106 valence electrons. The van der Waals surface area contributed by atoms with E-state index in [-0.39, 0.29) is 12.2 Å². The second kappa shape index (κ2) is 5.32. The Hall–Kier alpha value is -2.38. The maximum atomic E-state index is 12.5. The molecule has 0 aromatic carbocycles. The molecule has 0 unspecified atom stereocenters. The van der Waals surface area contributed by atoms with Gasteiger partial charge in [0.2, 0.25) is 5.91 Å². The van der Waals surface area contributed by atoms with Crippen LogP contribution in [0, 0.1) is 6.92 Å². The van der Waals surface area contributed by atoms with E-state index in [1.807, 2.05) is 0 Å². The number of hydrogen-bond donors (Lipinski definition) is 1. The lowest BCUT2D eigenvalue weighted by molar-refractivity contribution is -0.141. The Morgan fingerprint density at radius 3 is 2.55 bits per heavy atom. The van der Waals surface area contributed by atoms with Gasteiger partial charge in [0.15, 0.2) is 5.69 Å². The van der Waals surface area contributed by atoms with Crippen molar-refractivity contribution in [1.82, 2.24) is 14.8 Å². The maximum absolute atomic E-state index is 12.5. The van der Waals surface area contributed by atoms with E-state index in [1.165, 1.54) is 19.3 Å². The first-order chi connectivity index (χ1) is 9.36. The number of halogens is 3. The molecule has 1 amide bonds. The Kier molecular flexibility index (Phi) is 3.73. The fourth-order valence-corrected chi connectivity index (χ4v) is 1.58. The number of amides is 1. The summed E-state index contributed by atoms with van der Waals surface area (Å²) in [5.74, 6) is -0.462. The zero-order valence-electron chi connectivity index (χ0n) is 10.5. The molecule has 0 saturated carbocycles. The van der Waals surface area contributed by atoms with Crippen LogP contribution in [0.15, 0.2) is 30.6 Å². The summed E-state index contributed by atoms with van der Waals surface area (Å²) in [4.78, 5) is 15.5. The zero-order chi connectivity index (χ0) is 14.8. The van der Waals surface area contributed by atoms with E-state index >= 15 is 0 Å². The number of aromatic nitrogens is 3. The lowest BCUT2D eigenvalue weighted by Gasteiger charge is -2.06. The minimum absolute atomic E-state index is 0.266. The van der Waals surface area contributed by atoms with Crippen LogP contribution in [0.2, 0.25) is 0 Å². The Morgan fingerprint density at radius 2 is 2.00 bits per heavy atom. The van der Waals surface area contributed by atoms with Crippen molar-refractivity contribution in [3.8, 4) is 0 Å². The molecule has 2 rings (SSSR count). The van der Waals surface area contributed by atoms with E-state index in [2.05, 4.69) is 15.4 Å². The fraction of sp³-hybridized carbons (Fsp3) is 0.250. The maximum Gasteiger partial charge on any atom is 0.435 e. The highest BCUT2D eigenvalue weighted by atomic mass is 19.4. The third kappa shape index (κ3) is 3.34. The first-order valence-electron chi connectivity index (χ1n) is 5.68. The molecule has 0 atom stereocenters. The summed E-state index contributed by atoms with van der Waals surface area (Å²) < 4.78 is 38.5. The Morgan fingerprint density at radius 1 is 1.35 bits per heavy atom. The van der Waals surface area contributed by atoms with E-state index in [9.17, 15) is 18.0 Å². The van der Waals surface area contributed by atoms with Crippen molar-refractivity contribution in [2.24, 2.45) is 0 Å². The van der Waals surface area contributed by atoms with Gasteiger partial charge in [0, 0.05) is 23.8 Å². The number of pyridine rings is 1. The lowest BCUT2D eigenvalue weighted by atomic mass is 10.3. The molecule has 0 aliphatic carbocycles. The minimum Gasteiger partial charge on any atom is -0.324 e. The van der Waals surface area contributed by atoms with Crippen molar-refractivity contribution >= 4 is 11.6 Å². The van der Waals surface area contributed by atoms with Crippen molar-refractivity contribution < 1.29 is 18.0 Å². The molecule has 2 aromatic heterocycles. The summed E-state index contributed by atoms with van der Waals surface area (Å²) in [5.41, 5.74) is -0.222. The molecule has 0 aliphatic rings. The SMILES string of the molecule is Cc1cc(C(F)(F)F)nn1CC(=O)Nc1ccncc1. The van der Waals surface area contributed by atoms with E-state index in [1.54, 1.807) is 12.1 Å². The van der Waals surface area contributed by atoms with Gasteiger partial charge < -0.3 is 5.32 Å². The predicted molar refractivity (Wildman–Crippen MR) is 64.8 cm³/mol.